The second kappa shape index (κ2) is 8.77. The maximum atomic E-state index is 12.7. The minimum absolute atomic E-state index is 0.0848. The van der Waals surface area contributed by atoms with Crippen LogP contribution in [-0.4, -0.2) is 51.4 Å². The van der Waals surface area contributed by atoms with Gasteiger partial charge in [-0.2, -0.15) is 0 Å². The molecule has 152 valence electrons. The van der Waals surface area contributed by atoms with Gasteiger partial charge < -0.3 is 4.90 Å². The molecule has 4 rings (SSSR count). The first-order valence-electron chi connectivity index (χ1n) is 9.70. The molecule has 2 aromatic heterocycles. The first-order chi connectivity index (χ1) is 14.0. The van der Waals surface area contributed by atoms with Gasteiger partial charge in [0.05, 0.1) is 21.0 Å². The Morgan fingerprint density at radius 2 is 1.97 bits per heavy atom. The van der Waals surface area contributed by atoms with Crippen LogP contribution in [0.25, 0.3) is 10.9 Å². The van der Waals surface area contributed by atoms with Gasteiger partial charge in [-0.3, -0.25) is 19.1 Å². The molecule has 0 N–H and O–H groups in total. The number of carbonyl (C=O) groups excluding carboxylic acids is 1. The topological polar surface area (TPSA) is 58.4 Å². The molecule has 0 aliphatic carbocycles. The summed E-state index contributed by atoms with van der Waals surface area (Å²) < 4.78 is 2.69. The van der Waals surface area contributed by atoms with E-state index in [0.717, 1.165) is 47.6 Å². The van der Waals surface area contributed by atoms with Gasteiger partial charge >= 0.3 is 0 Å². The first kappa shape index (κ1) is 20.3. The van der Waals surface area contributed by atoms with E-state index in [9.17, 15) is 9.59 Å². The van der Waals surface area contributed by atoms with E-state index < -0.39 is 0 Å². The lowest BCUT2D eigenvalue weighted by molar-refractivity contribution is -0.133. The highest BCUT2D eigenvalue weighted by atomic mass is 79.9. The summed E-state index contributed by atoms with van der Waals surface area (Å²) in [5.74, 6) is 0.0970. The number of benzene rings is 1. The van der Waals surface area contributed by atoms with E-state index in [-0.39, 0.29) is 11.5 Å². The molecule has 0 atom stereocenters. The molecule has 0 saturated carbocycles. The van der Waals surface area contributed by atoms with Crippen molar-refractivity contribution in [1.29, 1.82) is 0 Å². The minimum Gasteiger partial charge on any atom is -0.340 e. The fraction of sp³-hybridized carbons (Fsp3) is 0.381. The average molecular weight is 475 g/mol. The number of hydrogen-bond donors (Lipinski definition) is 0. The van der Waals surface area contributed by atoms with Crippen LogP contribution in [0.4, 0.5) is 0 Å². The van der Waals surface area contributed by atoms with Crippen LogP contribution in [0.5, 0.6) is 0 Å². The summed E-state index contributed by atoms with van der Waals surface area (Å²) in [6, 6.07) is 9.82. The number of nitrogens with zero attached hydrogens (tertiary/aromatic N) is 4. The molecule has 1 fully saturated rings. The number of thiophene rings is 1. The Kier molecular flexibility index (Phi) is 6.12. The number of piperazine rings is 1. The van der Waals surface area contributed by atoms with Crippen LogP contribution in [0.1, 0.15) is 16.9 Å². The SMILES string of the molecule is Cc1cccc2c(=O)n(CCC(=O)N3CCN(Cc4ccc(Br)s4)CC3)cnc12. The van der Waals surface area contributed by atoms with Crippen LogP contribution in [0.3, 0.4) is 0 Å². The molecular weight excluding hydrogens is 452 g/mol. The predicted octanol–water partition coefficient (Wildman–Crippen LogP) is 3.26. The molecule has 3 heterocycles. The number of carbonyl (C=O) groups is 1. The van der Waals surface area contributed by atoms with Crippen LogP contribution in [0.15, 0.2) is 45.2 Å². The Bertz CT molecular complexity index is 1090. The molecule has 1 amide bonds. The Balaban J connectivity index is 1.32. The number of fused-ring (bicyclic) bond motifs is 1. The van der Waals surface area contributed by atoms with Gasteiger partial charge in [-0.05, 0) is 46.6 Å². The molecule has 0 radical (unpaired) electrons. The van der Waals surface area contributed by atoms with Gasteiger partial charge in [0, 0.05) is 50.6 Å². The highest BCUT2D eigenvalue weighted by Crippen LogP contribution is 2.23. The van der Waals surface area contributed by atoms with E-state index in [1.54, 1.807) is 28.3 Å². The number of aromatic nitrogens is 2. The number of amides is 1. The summed E-state index contributed by atoms with van der Waals surface area (Å²) in [4.78, 5) is 35.3. The van der Waals surface area contributed by atoms with E-state index in [2.05, 4.69) is 37.9 Å². The van der Waals surface area contributed by atoms with Gasteiger partial charge in [0.2, 0.25) is 5.91 Å². The summed E-state index contributed by atoms with van der Waals surface area (Å²) in [7, 11) is 0. The van der Waals surface area contributed by atoms with Gasteiger partial charge in [0.15, 0.2) is 0 Å². The predicted molar refractivity (Wildman–Crippen MR) is 119 cm³/mol. The molecule has 29 heavy (non-hydrogen) atoms. The van der Waals surface area contributed by atoms with Crippen molar-refractivity contribution >= 4 is 44.1 Å². The smallest absolute Gasteiger partial charge is 0.261 e. The molecule has 3 aromatic rings. The second-order valence-corrected chi connectivity index (χ2v) is 9.87. The van der Waals surface area contributed by atoms with E-state index in [1.807, 2.05) is 24.0 Å². The Labute approximate surface area is 181 Å². The lowest BCUT2D eigenvalue weighted by Gasteiger charge is -2.34. The lowest BCUT2D eigenvalue weighted by Crippen LogP contribution is -2.48. The van der Waals surface area contributed by atoms with E-state index in [0.29, 0.717) is 18.4 Å². The molecule has 0 bridgehead atoms. The van der Waals surface area contributed by atoms with E-state index in [4.69, 9.17) is 0 Å². The highest BCUT2D eigenvalue weighted by molar-refractivity contribution is 9.11. The molecule has 6 nitrogen and oxygen atoms in total. The fourth-order valence-electron chi connectivity index (χ4n) is 3.68. The Morgan fingerprint density at radius 1 is 1.17 bits per heavy atom. The van der Waals surface area contributed by atoms with Crippen LogP contribution in [-0.2, 0) is 17.9 Å². The zero-order chi connectivity index (χ0) is 20.4. The summed E-state index contributed by atoms with van der Waals surface area (Å²) in [5.41, 5.74) is 1.63. The van der Waals surface area contributed by atoms with E-state index in [1.165, 1.54) is 4.88 Å². The minimum atomic E-state index is -0.0848. The number of halogens is 1. The zero-order valence-corrected chi connectivity index (χ0v) is 18.7. The Hall–Kier alpha value is -2.03. The number of para-hydroxylation sites is 1. The molecule has 8 heteroatoms. The highest BCUT2D eigenvalue weighted by Gasteiger charge is 2.21. The Morgan fingerprint density at radius 3 is 2.69 bits per heavy atom. The van der Waals surface area contributed by atoms with Crippen LogP contribution in [0, 0.1) is 6.92 Å². The van der Waals surface area contributed by atoms with Crippen molar-refractivity contribution in [1.82, 2.24) is 19.4 Å². The van der Waals surface area contributed by atoms with Crippen molar-refractivity contribution in [2.75, 3.05) is 26.2 Å². The van der Waals surface area contributed by atoms with Crippen molar-refractivity contribution < 1.29 is 4.79 Å². The van der Waals surface area contributed by atoms with Crippen molar-refractivity contribution in [2.45, 2.75) is 26.4 Å². The van der Waals surface area contributed by atoms with Gasteiger partial charge in [-0.1, -0.05) is 12.1 Å². The van der Waals surface area contributed by atoms with Gasteiger partial charge in [-0.25, -0.2) is 4.98 Å². The third-order valence-electron chi connectivity index (χ3n) is 5.36. The number of aryl methyl sites for hydroxylation is 2. The summed E-state index contributed by atoms with van der Waals surface area (Å²) in [5, 5.41) is 0.605. The molecular formula is C21H23BrN4O2S. The molecule has 1 aromatic carbocycles. The largest absolute Gasteiger partial charge is 0.340 e. The third kappa shape index (κ3) is 4.60. The molecule has 0 spiro atoms. The van der Waals surface area contributed by atoms with Crippen molar-refractivity contribution in [3.05, 3.63) is 61.2 Å². The zero-order valence-electron chi connectivity index (χ0n) is 16.3. The molecule has 1 aliphatic rings. The van der Waals surface area contributed by atoms with Crippen LogP contribution < -0.4 is 5.56 Å². The second-order valence-electron chi connectivity index (χ2n) is 7.33. The van der Waals surface area contributed by atoms with Crippen molar-refractivity contribution in [3.63, 3.8) is 0 Å². The van der Waals surface area contributed by atoms with E-state index >= 15 is 0 Å². The number of rotatable bonds is 5. The van der Waals surface area contributed by atoms with Gasteiger partial charge in [-0.15, -0.1) is 11.3 Å². The normalized spacial score (nSPS) is 15.2. The number of hydrogen-bond acceptors (Lipinski definition) is 5. The average Bonchev–Trinajstić information content (AvgIpc) is 3.13. The van der Waals surface area contributed by atoms with Crippen molar-refractivity contribution in [2.24, 2.45) is 0 Å². The summed E-state index contributed by atoms with van der Waals surface area (Å²) >= 11 is 5.26. The monoisotopic (exact) mass is 474 g/mol. The molecule has 1 aliphatic heterocycles. The standard InChI is InChI=1S/C21H23BrN4O2S/c1-15-3-2-4-17-20(15)23-14-26(21(17)28)8-7-19(27)25-11-9-24(10-12-25)13-16-5-6-18(22)29-16/h2-6,14H,7-13H2,1H3. The third-order valence-corrected chi connectivity index (χ3v) is 6.96. The van der Waals surface area contributed by atoms with Crippen molar-refractivity contribution in [3.8, 4) is 0 Å². The van der Waals surface area contributed by atoms with Gasteiger partial charge in [0.25, 0.3) is 5.56 Å². The maximum absolute atomic E-state index is 12.7. The molecule has 1 saturated heterocycles. The summed E-state index contributed by atoms with van der Waals surface area (Å²) in [6.07, 6.45) is 1.87. The molecule has 0 unspecified atom stereocenters. The van der Waals surface area contributed by atoms with Crippen LogP contribution in [0.2, 0.25) is 0 Å². The fourth-order valence-corrected chi connectivity index (χ4v) is 5.21. The lowest BCUT2D eigenvalue weighted by atomic mass is 10.1. The van der Waals surface area contributed by atoms with Crippen LogP contribution >= 0.6 is 27.3 Å². The maximum Gasteiger partial charge on any atom is 0.261 e. The summed E-state index contributed by atoms with van der Waals surface area (Å²) in [6.45, 7) is 6.44. The van der Waals surface area contributed by atoms with Gasteiger partial charge in [0.1, 0.15) is 0 Å². The first-order valence-corrected chi connectivity index (χ1v) is 11.3. The quantitative estimate of drug-likeness (QED) is 0.569.